The molecule has 0 amide bonds. The molecule has 16 heteroatoms. The molecule has 3 heterocycles. The number of aromatic nitrogens is 6. The van der Waals surface area contributed by atoms with Gasteiger partial charge in [0, 0.05) is 31.9 Å². The molecule has 3 aromatic rings. The quantitative estimate of drug-likeness (QED) is 0.250. The largest absolute Gasteiger partial charge is 0.293 e. The zero-order valence-electron chi connectivity index (χ0n) is 28.5. The molecule has 1 unspecified atom stereocenters. The third-order valence-electron chi connectivity index (χ3n) is 8.36. The van der Waals surface area contributed by atoms with E-state index in [1.165, 1.54) is 20.8 Å². The van der Waals surface area contributed by atoms with Crippen LogP contribution in [0.3, 0.4) is 0 Å². The second-order valence-electron chi connectivity index (χ2n) is 15.6. The SMILES string of the molecule is CC(C)(C)n1nc(C(F)F)c2c1C(F)(F)C1C[C@H]21.CC(C)(C)n1nc(C(F)F)c2c1C(F)(F)CCC2(F)F.Cc1ccn(C(C)(C)C)n1.[2HH]. The van der Waals surface area contributed by atoms with Gasteiger partial charge in [-0.2, -0.15) is 32.9 Å². The van der Waals surface area contributed by atoms with Crippen molar-refractivity contribution >= 4 is 0 Å². The van der Waals surface area contributed by atoms with Crippen LogP contribution in [0.2, 0.25) is 0 Å². The molecule has 2 atom stereocenters. The maximum Gasteiger partial charge on any atom is 0.293 e. The smallest absolute Gasteiger partial charge is 0.267 e. The van der Waals surface area contributed by atoms with Crippen molar-refractivity contribution in [1.82, 2.24) is 29.3 Å². The van der Waals surface area contributed by atoms with Crippen molar-refractivity contribution in [3.8, 4) is 0 Å². The fraction of sp³-hybridized carbons (Fsp3) is 0.719. The number of fused-ring (bicyclic) bond motifs is 4. The number of alkyl halides is 10. The standard InChI is InChI=1S/C12H14F6N2.C12H14F4N2.C8H14N2.H2/c1-10(2,3)20-8-6(7(19-20)9(13)14)11(15,16)4-5-12(8,17)18;1-11(2,3)18-9-7(8(17-18)10(13)14)5-4-6(5)12(9,15)16;1-7-5-6-10(9-7)8(2,3)4;/h9H,4-5H2,1-3H3;5-6,10H,4H2,1-3H3;5-6H,1-4H3;1H/t;5-,6?;;/m.0../s1/i;;;1+1. The average Bonchev–Trinajstić information content (AvgIpc) is 3.23. The van der Waals surface area contributed by atoms with Crippen LogP contribution in [0.4, 0.5) is 43.9 Å². The number of hydrogen-bond donors (Lipinski definition) is 0. The molecule has 0 radical (unpaired) electrons. The van der Waals surface area contributed by atoms with E-state index < -0.39 is 89.0 Å². The van der Waals surface area contributed by atoms with Crippen molar-refractivity contribution < 1.29 is 45.3 Å². The molecule has 6 rings (SSSR count). The molecule has 3 aromatic heterocycles. The molecule has 0 N–H and O–H groups in total. The Kier molecular flexibility index (Phi) is 9.26. The number of halogens is 10. The molecule has 0 aliphatic heterocycles. The average molecular weight is 704 g/mol. The van der Waals surface area contributed by atoms with E-state index in [1.807, 2.05) is 23.9 Å². The minimum Gasteiger partial charge on any atom is -0.267 e. The maximum atomic E-state index is 14.1. The summed E-state index contributed by atoms with van der Waals surface area (Å²) in [6.07, 6.45) is -6.06. The van der Waals surface area contributed by atoms with Crippen LogP contribution in [-0.4, -0.2) is 29.3 Å². The summed E-state index contributed by atoms with van der Waals surface area (Å²) in [5.74, 6) is -11.5. The zero-order chi connectivity index (χ0) is 36.7. The summed E-state index contributed by atoms with van der Waals surface area (Å²) in [5, 5.41) is 11.4. The van der Waals surface area contributed by atoms with Crippen LogP contribution in [0.5, 0.6) is 0 Å². The van der Waals surface area contributed by atoms with Gasteiger partial charge in [0.25, 0.3) is 30.6 Å². The van der Waals surface area contributed by atoms with E-state index in [0.29, 0.717) is 11.1 Å². The lowest BCUT2D eigenvalue weighted by molar-refractivity contribution is -0.103. The molecule has 1 fully saturated rings. The van der Waals surface area contributed by atoms with Crippen LogP contribution in [0.1, 0.15) is 141 Å². The van der Waals surface area contributed by atoms with Gasteiger partial charge in [-0.3, -0.25) is 14.0 Å². The Balaban J connectivity index is 0.000000207. The van der Waals surface area contributed by atoms with Gasteiger partial charge in [-0.25, -0.2) is 26.3 Å². The molecular weight excluding hydrogens is 658 g/mol. The summed E-state index contributed by atoms with van der Waals surface area (Å²) in [4.78, 5) is 0. The zero-order valence-corrected chi connectivity index (χ0v) is 28.5. The first-order valence-corrected chi connectivity index (χ1v) is 15.5. The predicted molar refractivity (Wildman–Crippen MR) is 160 cm³/mol. The van der Waals surface area contributed by atoms with Crippen molar-refractivity contribution in [3.63, 3.8) is 0 Å². The molecule has 0 spiro atoms. The first-order valence-electron chi connectivity index (χ1n) is 15.5. The molecule has 3 aliphatic carbocycles. The van der Waals surface area contributed by atoms with Gasteiger partial charge in [0.15, 0.2) is 0 Å². The Morgan fingerprint density at radius 3 is 1.60 bits per heavy atom. The molecule has 0 saturated heterocycles. The van der Waals surface area contributed by atoms with Gasteiger partial charge >= 0.3 is 0 Å². The van der Waals surface area contributed by atoms with Gasteiger partial charge < -0.3 is 0 Å². The van der Waals surface area contributed by atoms with Gasteiger partial charge in [0.2, 0.25) is 0 Å². The second-order valence-corrected chi connectivity index (χ2v) is 15.6. The molecule has 3 aliphatic rings. The number of aryl methyl sites for hydroxylation is 1. The van der Waals surface area contributed by atoms with Crippen molar-refractivity contribution in [2.75, 3.05) is 0 Å². The van der Waals surface area contributed by atoms with E-state index in [9.17, 15) is 43.9 Å². The third kappa shape index (κ3) is 6.86. The van der Waals surface area contributed by atoms with Crippen LogP contribution in [0.15, 0.2) is 12.3 Å². The molecule has 1 saturated carbocycles. The summed E-state index contributed by atoms with van der Waals surface area (Å²) in [5.41, 5.74) is -4.91. The minimum absolute atomic E-state index is 0. The Labute approximate surface area is 274 Å². The highest BCUT2D eigenvalue weighted by Gasteiger charge is 2.67. The van der Waals surface area contributed by atoms with Crippen LogP contribution >= 0.6 is 0 Å². The molecule has 0 bridgehead atoms. The fourth-order valence-electron chi connectivity index (χ4n) is 5.99. The summed E-state index contributed by atoms with van der Waals surface area (Å²) in [6, 6.07) is 2.02. The van der Waals surface area contributed by atoms with Crippen LogP contribution in [0.25, 0.3) is 0 Å². The van der Waals surface area contributed by atoms with Crippen LogP contribution < -0.4 is 0 Å². The van der Waals surface area contributed by atoms with Crippen molar-refractivity contribution in [3.05, 3.63) is 51.9 Å². The van der Waals surface area contributed by atoms with Crippen molar-refractivity contribution in [2.24, 2.45) is 5.92 Å². The van der Waals surface area contributed by atoms with Crippen molar-refractivity contribution in [1.29, 1.82) is 0 Å². The lowest BCUT2D eigenvalue weighted by Gasteiger charge is -2.32. The first-order chi connectivity index (χ1) is 21.5. The monoisotopic (exact) mass is 703 g/mol. The summed E-state index contributed by atoms with van der Waals surface area (Å²) in [6.45, 7) is 17.8. The number of rotatable bonds is 2. The van der Waals surface area contributed by atoms with Gasteiger partial charge in [0.05, 0.1) is 27.9 Å². The lowest BCUT2D eigenvalue weighted by atomic mass is 9.88. The summed E-state index contributed by atoms with van der Waals surface area (Å²) >= 11 is 0. The summed E-state index contributed by atoms with van der Waals surface area (Å²) in [7, 11) is 0. The molecule has 272 valence electrons. The van der Waals surface area contributed by atoms with Crippen LogP contribution in [0, 0.1) is 12.8 Å². The van der Waals surface area contributed by atoms with E-state index in [0.717, 1.165) is 10.4 Å². The molecular formula is C32H44F10N6. The first kappa shape index (κ1) is 37.7. The second kappa shape index (κ2) is 11.8. The van der Waals surface area contributed by atoms with E-state index in [1.54, 1.807) is 20.8 Å². The van der Waals surface area contributed by atoms with E-state index in [4.69, 9.17) is 0 Å². The predicted octanol–water partition coefficient (Wildman–Crippen LogP) is 10.5. The molecule has 0 aromatic carbocycles. The Morgan fingerprint density at radius 2 is 1.19 bits per heavy atom. The highest BCUT2D eigenvalue weighted by atomic mass is 19.3. The minimum atomic E-state index is -3.72. The topological polar surface area (TPSA) is 53.5 Å². The van der Waals surface area contributed by atoms with E-state index in [-0.39, 0.29) is 18.2 Å². The Morgan fingerprint density at radius 1 is 0.708 bits per heavy atom. The molecule has 48 heavy (non-hydrogen) atoms. The number of hydrogen-bond acceptors (Lipinski definition) is 3. The molecule has 6 nitrogen and oxygen atoms in total. The van der Waals surface area contributed by atoms with Crippen molar-refractivity contribution in [2.45, 2.75) is 142 Å². The van der Waals surface area contributed by atoms with Gasteiger partial charge in [-0.15, -0.1) is 0 Å². The normalized spacial score (nSPS) is 22.0. The third-order valence-corrected chi connectivity index (χ3v) is 8.36. The van der Waals surface area contributed by atoms with Gasteiger partial charge in [-0.1, -0.05) is 0 Å². The van der Waals surface area contributed by atoms with Gasteiger partial charge in [0.1, 0.15) is 22.8 Å². The fourth-order valence-corrected chi connectivity index (χ4v) is 5.99. The highest BCUT2D eigenvalue weighted by molar-refractivity contribution is 5.46. The number of nitrogens with zero attached hydrogens (tertiary/aromatic N) is 6. The highest BCUT2D eigenvalue weighted by Crippen LogP contribution is 2.68. The van der Waals surface area contributed by atoms with Gasteiger partial charge in [-0.05, 0) is 87.6 Å². The van der Waals surface area contributed by atoms with E-state index in [2.05, 4.69) is 36.1 Å². The Bertz CT molecular complexity index is 1640. The lowest BCUT2D eigenvalue weighted by Crippen LogP contribution is -2.36. The maximum absolute atomic E-state index is 14.1. The Hall–Kier alpha value is -3.07. The van der Waals surface area contributed by atoms with Crippen LogP contribution in [-0.2, 0) is 34.4 Å². The van der Waals surface area contributed by atoms with E-state index >= 15 is 0 Å². The summed E-state index contributed by atoms with van der Waals surface area (Å²) < 4.78 is 139.